The van der Waals surface area contributed by atoms with E-state index in [-0.39, 0.29) is 5.91 Å². The second kappa shape index (κ2) is 10.2. The summed E-state index contributed by atoms with van der Waals surface area (Å²) < 4.78 is 6.79. The average molecular weight is 593 g/mol. The van der Waals surface area contributed by atoms with Crippen LogP contribution in [0.25, 0.3) is 16.7 Å². The maximum atomic E-state index is 13.0. The van der Waals surface area contributed by atoms with Crippen molar-refractivity contribution in [3.05, 3.63) is 73.6 Å². The third kappa shape index (κ3) is 5.23. The van der Waals surface area contributed by atoms with Gasteiger partial charge in [0, 0.05) is 4.47 Å². The van der Waals surface area contributed by atoms with Crippen LogP contribution in [0.3, 0.4) is 0 Å². The molecule has 1 N–H and O–H groups in total. The second-order valence-electron chi connectivity index (χ2n) is 7.50. The van der Waals surface area contributed by atoms with Crippen LogP contribution >= 0.6 is 43.5 Å². The molecule has 1 aromatic heterocycles. The minimum Gasteiger partial charge on any atom is -0.495 e. The number of carbonyl (C=O) groups excluding carboxylic acids is 1. The molecule has 4 rings (SSSR count). The summed E-state index contributed by atoms with van der Waals surface area (Å²) in [6, 6.07) is 15.1. The van der Waals surface area contributed by atoms with Gasteiger partial charge in [0.05, 0.1) is 33.5 Å². The van der Waals surface area contributed by atoms with Gasteiger partial charge in [0.1, 0.15) is 16.8 Å². The molecule has 0 spiro atoms. The zero-order chi connectivity index (χ0) is 23.5. The number of nitrogens with one attached hydrogen (secondary N) is 1. The third-order valence-electron chi connectivity index (χ3n) is 5.16. The summed E-state index contributed by atoms with van der Waals surface area (Å²) in [4.78, 5) is 14.6. The molecule has 33 heavy (non-hydrogen) atoms. The highest BCUT2D eigenvalue weighted by Crippen LogP contribution is 2.34. The van der Waals surface area contributed by atoms with E-state index in [4.69, 9.17) is 16.3 Å². The van der Waals surface area contributed by atoms with Crippen LogP contribution in [0.5, 0.6) is 5.75 Å². The quantitative estimate of drug-likeness (QED) is 0.246. The summed E-state index contributed by atoms with van der Waals surface area (Å²) in [6.45, 7) is 2.18. The van der Waals surface area contributed by atoms with Crippen LogP contribution in [0, 0.1) is 0 Å². The SMILES string of the molecule is CCCCc1ccc(-n2nc3cc(Cl)c(NC(=O)c4cc(Br)cc(Br)c4OC)cc3n2)cc1. The number of halogens is 3. The first kappa shape index (κ1) is 23.7. The Labute approximate surface area is 213 Å². The number of anilines is 1. The van der Waals surface area contributed by atoms with Crippen molar-refractivity contribution >= 4 is 66.1 Å². The normalized spacial score (nSPS) is 11.1. The van der Waals surface area contributed by atoms with Crippen LogP contribution in [-0.4, -0.2) is 28.0 Å². The molecule has 0 aliphatic heterocycles. The van der Waals surface area contributed by atoms with Crippen LogP contribution < -0.4 is 10.1 Å². The summed E-state index contributed by atoms with van der Waals surface area (Å²) in [5.74, 6) is 0.0754. The number of ether oxygens (including phenoxy) is 1. The summed E-state index contributed by atoms with van der Waals surface area (Å²) in [5.41, 5.74) is 4.20. The molecule has 3 aromatic carbocycles. The maximum absolute atomic E-state index is 13.0. The van der Waals surface area contributed by atoms with Gasteiger partial charge < -0.3 is 10.1 Å². The van der Waals surface area contributed by atoms with Gasteiger partial charge in [-0.1, -0.05) is 53.0 Å². The minimum atomic E-state index is -0.356. The number of rotatable bonds is 7. The highest BCUT2D eigenvalue weighted by molar-refractivity contribution is 9.11. The molecule has 0 fully saturated rings. The number of hydrogen-bond acceptors (Lipinski definition) is 4. The molecule has 0 saturated heterocycles. The highest BCUT2D eigenvalue weighted by atomic mass is 79.9. The van der Waals surface area contributed by atoms with Gasteiger partial charge in [0.15, 0.2) is 0 Å². The number of hydrogen-bond donors (Lipinski definition) is 1. The van der Waals surface area contributed by atoms with Crippen molar-refractivity contribution in [1.29, 1.82) is 0 Å². The van der Waals surface area contributed by atoms with E-state index in [1.165, 1.54) is 25.5 Å². The zero-order valence-electron chi connectivity index (χ0n) is 18.0. The van der Waals surface area contributed by atoms with Crippen LogP contribution in [-0.2, 0) is 6.42 Å². The van der Waals surface area contributed by atoms with Gasteiger partial charge in [-0.15, -0.1) is 10.2 Å². The molecule has 0 bridgehead atoms. The van der Waals surface area contributed by atoms with Crippen molar-refractivity contribution in [2.45, 2.75) is 26.2 Å². The van der Waals surface area contributed by atoms with Crippen LogP contribution in [0.1, 0.15) is 35.7 Å². The fraction of sp³-hybridized carbons (Fsp3) is 0.208. The summed E-state index contributed by atoms with van der Waals surface area (Å²) >= 11 is 13.3. The van der Waals surface area contributed by atoms with E-state index in [1.54, 1.807) is 23.0 Å². The first-order chi connectivity index (χ1) is 15.9. The number of aromatic nitrogens is 3. The van der Waals surface area contributed by atoms with Gasteiger partial charge in [-0.3, -0.25) is 4.79 Å². The number of unbranched alkanes of at least 4 members (excludes halogenated alkanes) is 1. The van der Waals surface area contributed by atoms with Gasteiger partial charge in [-0.05, 0) is 70.7 Å². The molecule has 1 amide bonds. The molecule has 6 nitrogen and oxygen atoms in total. The lowest BCUT2D eigenvalue weighted by molar-refractivity contribution is 0.102. The molecule has 0 radical (unpaired) electrons. The Kier molecular flexibility index (Phi) is 7.36. The molecule has 170 valence electrons. The molecule has 0 atom stereocenters. The fourth-order valence-corrected chi connectivity index (χ4v) is 5.04. The lowest BCUT2D eigenvalue weighted by atomic mass is 10.1. The Bertz CT molecular complexity index is 1320. The molecule has 1 heterocycles. The molecular formula is C24H21Br2ClN4O2. The van der Waals surface area contributed by atoms with Gasteiger partial charge >= 0.3 is 0 Å². The zero-order valence-corrected chi connectivity index (χ0v) is 22.0. The smallest absolute Gasteiger partial charge is 0.259 e. The molecule has 0 unspecified atom stereocenters. The van der Waals surface area contributed by atoms with Crippen LogP contribution in [0.2, 0.25) is 5.02 Å². The Morgan fingerprint density at radius 1 is 1.09 bits per heavy atom. The second-order valence-corrected chi connectivity index (χ2v) is 9.68. The topological polar surface area (TPSA) is 69.0 Å². The van der Waals surface area contributed by atoms with Crippen molar-refractivity contribution in [3.8, 4) is 11.4 Å². The summed E-state index contributed by atoms with van der Waals surface area (Å²) in [7, 11) is 1.51. The third-order valence-corrected chi connectivity index (χ3v) is 6.52. The highest BCUT2D eigenvalue weighted by Gasteiger charge is 2.18. The van der Waals surface area contributed by atoms with Gasteiger partial charge in [-0.25, -0.2) is 0 Å². The van der Waals surface area contributed by atoms with E-state index >= 15 is 0 Å². The predicted octanol–water partition coefficient (Wildman–Crippen LogP) is 7.20. The maximum Gasteiger partial charge on any atom is 0.259 e. The fourth-order valence-electron chi connectivity index (χ4n) is 3.45. The molecule has 0 aliphatic rings. The molecule has 9 heteroatoms. The standard InChI is InChI=1S/C24H21Br2ClN4O2/c1-3-4-5-14-6-8-16(9-7-14)31-29-21-12-19(27)20(13-22(21)30-31)28-24(32)17-10-15(25)11-18(26)23(17)33-2/h6-13H,3-5H2,1-2H3,(H,28,32). The summed E-state index contributed by atoms with van der Waals surface area (Å²) in [6.07, 6.45) is 3.39. The monoisotopic (exact) mass is 590 g/mol. The minimum absolute atomic E-state index is 0.356. The van der Waals surface area contributed by atoms with Gasteiger partial charge in [0.2, 0.25) is 0 Å². The average Bonchev–Trinajstić information content (AvgIpc) is 3.20. The number of methoxy groups -OCH3 is 1. The number of carbonyl (C=O) groups is 1. The molecule has 0 aliphatic carbocycles. The first-order valence-electron chi connectivity index (χ1n) is 10.4. The van der Waals surface area contributed by atoms with Crippen LogP contribution in [0.15, 0.2) is 57.5 Å². The van der Waals surface area contributed by atoms with Crippen molar-refractivity contribution in [2.75, 3.05) is 12.4 Å². The molecule has 4 aromatic rings. The molecule has 0 saturated carbocycles. The Morgan fingerprint density at radius 3 is 2.45 bits per heavy atom. The number of aryl methyl sites for hydroxylation is 1. The van der Waals surface area contributed by atoms with Gasteiger partial charge in [0.25, 0.3) is 5.91 Å². The number of amides is 1. The Balaban J connectivity index is 1.62. The largest absolute Gasteiger partial charge is 0.495 e. The number of benzene rings is 3. The number of nitrogens with zero attached hydrogens (tertiary/aromatic N) is 3. The van der Waals surface area contributed by atoms with E-state index in [0.717, 1.165) is 16.6 Å². The lowest BCUT2D eigenvalue weighted by Crippen LogP contribution is -2.14. The molecular weight excluding hydrogens is 572 g/mol. The van der Waals surface area contributed by atoms with Crippen LogP contribution in [0.4, 0.5) is 5.69 Å². The number of fused-ring (bicyclic) bond motifs is 1. The first-order valence-corrected chi connectivity index (χ1v) is 12.4. The van der Waals surface area contributed by atoms with Crippen molar-refractivity contribution < 1.29 is 9.53 Å². The van der Waals surface area contributed by atoms with Crippen molar-refractivity contribution in [2.24, 2.45) is 0 Å². The van der Waals surface area contributed by atoms with Crippen molar-refractivity contribution in [1.82, 2.24) is 15.0 Å². The Hall–Kier alpha value is -2.42. The van der Waals surface area contributed by atoms with E-state index in [9.17, 15) is 4.79 Å². The predicted molar refractivity (Wildman–Crippen MR) is 139 cm³/mol. The van der Waals surface area contributed by atoms with E-state index in [0.29, 0.717) is 37.5 Å². The van der Waals surface area contributed by atoms with Gasteiger partial charge in [-0.2, -0.15) is 4.80 Å². The lowest BCUT2D eigenvalue weighted by Gasteiger charge is -2.12. The van der Waals surface area contributed by atoms with E-state index < -0.39 is 0 Å². The Morgan fingerprint density at radius 2 is 1.79 bits per heavy atom. The van der Waals surface area contributed by atoms with E-state index in [2.05, 4.69) is 66.4 Å². The van der Waals surface area contributed by atoms with E-state index in [1.807, 2.05) is 18.2 Å². The summed E-state index contributed by atoms with van der Waals surface area (Å²) in [5, 5.41) is 12.3. The van der Waals surface area contributed by atoms with Crippen molar-refractivity contribution in [3.63, 3.8) is 0 Å².